The summed E-state index contributed by atoms with van der Waals surface area (Å²) in [6.07, 6.45) is 0. The van der Waals surface area contributed by atoms with Gasteiger partial charge >= 0.3 is 0 Å². The molecule has 1 amide bonds. The molecule has 1 aliphatic heterocycles. The molecule has 1 rings (SSSR count). The lowest BCUT2D eigenvalue weighted by molar-refractivity contribution is -0.136. The smallest absolute Gasteiger partial charge is 0.225 e. The summed E-state index contributed by atoms with van der Waals surface area (Å²) in [7, 11) is 2.15. The second-order valence-electron chi connectivity index (χ2n) is 5.22. The van der Waals surface area contributed by atoms with Crippen LogP contribution in [0.2, 0.25) is 0 Å². The van der Waals surface area contributed by atoms with Crippen LogP contribution >= 0.6 is 0 Å². The van der Waals surface area contributed by atoms with E-state index in [-0.39, 0.29) is 5.92 Å². The van der Waals surface area contributed by atoms with Gasteiger partial charge in [-0.2, -0.15) is 0 Å². The van der Waals surface area contributed by atoms with E-state index in [2.05, 4.69) is 23.8 Å². The van der Waals surface area contributed by atoms with Crippen molar-refractivity contribution in [1.29, 1.82) is 0 Å². The number of hydrogen-bond donors (Lipinski definition) is 0. The van der Waals surface area contributed by atoms with Crippen molar-refractivity contribution < 1.29 is 4.79 Å². The van der Waals surface area contributed by atoms with Crippen molar-refractivity contribution in [3.8, 4) is 0 Å². The van der Waals surface area contributed by atoms with E-state index in [1.54, 1.807) is 0 Å². The Kier molecular flexibility index (Phi) is 5.92. The third-order valence-corrected chi connectivity index (χ3v) is 3.52. The van der Waals surface area contributed by atoms with E-state index in [0.717, 1.165) is 45.8 Å². The Balaban J connectivity index is 2.24. The number of carbonyl (C=O) groups excluding carboxylic acids is 1. The van der Waals surface area contributed by atoms with Crippen molar-refractivity contribution >= 4 is 5.91 Å². The van der Waals surface area contributed by atoms with Crippen LogP contribution in [0.15, 0.2) is 0 Å². The van der Waals surface area contributed by atoms with E-state index in [0.29, 0.717) is 5.91 Å². The van der Waals surface area contributed by atoms with Gasteiger partial charge in [0.1, 0.15) is 0 Å². The zero-order valence-corrected chi connectivity index (χ0v) is 11.8. The molecule has 0 atom stereocenters. The molecule has 4 nitrogen and oxygen atoms in total. The molecule has 0 aromatic heterocycles. The van der Waals surface area contributed by atoms with Gasteiger partial charge in [-0.05, 0) is 13.6 Å². The quantitative estimate of drug-likeness (QED) is 0.710. The summed E-state index contributed by atoms with van der Waals surface area (Å²) in [5.41, 5.74) is 0. The van der Waals surface area contributed by atoms with Crippen molar-refractivity contribution in [2.45, 2.75) is 20.8 Å². The maximum Gasteiger partial charge on any atom is 0.225 e. The highest BCUT2D eigenvalue weighted by molar-refractivity contribution is 5.78. The zero-order chi connectivity index (χ0) is 12.8. The van der Waals surface area contributed by atoms with Crippen LogP contribution in [0.5, 0.6) is 0 Å². The summed E-state index contributed by atoms with van der Waals surface area (Å²) in [6, 6.07) is 0. The van der Waals surface area contributed by atoms with Crippen LogP contribution < -0.4 is 0 Å². The molecule has 0 spiro atoms. The molecule has 0 aliphatic carbocycles. The summed E-state index contributed by atoms with van der Waals surface area (Å²) < 4.78 is 0. The molecule has 100 valence electrons. The second kappa shape index (κ2) is 6.97. The monoisotopic (exact) mass is 241 g/mol. The fraction of sp³-hybridized carbons (Fsp3) is 0.923. The molecule has 0 unspecified atom stereocenters. The lowest BCUT2D eigenvalue weighted by atomic mass is 10.1. The van der Waals surface area contributed by atoms with Gasteiger partial charge < -0.3 is 9.80 Å². The van der Waals surface area contributed by atoms with Gasteiger partial charge in [-0.15, -0.1) is 0 Å². The SMILES string of the molecule is CCN(C)CCN1CCN(C(=O)C(C)C)CC1. The van der Waals surface area contributed by atoms with Crippen molar-refractivity contribution in [3.05, 3.63) is 0 Å². The van der Waals surface area contributed by atoms with Crippen molar-refractivity contribution in [2.75, 3.05) is 52.9 Å². The lowest BCUT2D eigenvalue weighted by Crippen LogP contribution is -2.51. The van der Waals surface area contributed by atoms with Crippen molar-refractivity contribution in [3.63, 3.8) is 0 Å². The van der Waals surface area contributed by atoms with Gasteiger partial charge in [0.05, 0.1) is 0 Å². The maximum absolute atomic E-state index is 11.8. The van der Waals surface area contributed by atoms with E-state index in [9.17, 15) is 4.79 Å². The standard InChI is InChI=1S/C13H27N3O/c1-5-14(4)6-7-15-8-10-16(11-9-15)13(17)12(2)3/h12H,5-11H2,1-4H3. The summed E-state index contributed by atoms with van der Waals surface area (Å²) >= 11 is 0. The van der Waals surface area contributed by atoms with E-state index >= 15 is 0 Å². The molecular formula is C13H27N3O. The fourth-order valence-corrected chi connectivity index (χ4v) is 2.03. The van der Waals surface area contributed by atoms with Crippen LogP contribution in [0.1, 0.15) is 20.8 Å². The molecule has 0 radical (unpaired) electrons. The Morgan fingerprint density at radius 1 is 1.24 bits per heavy atom. The summed E-state index contributed by atoms with van der Waals surface area (Å²) in [4.78, 5) is 18.6. The van der Waals surface area contributed by atoms with Crippen LogP contribution in [-0.4, -0.2) is 73.5 Å². The normalized spacial score (nSPS) is 18.1. The average molecular weight is 241 g/mol. The van der Waals surface area contributed by atoms with E-state index in [4.69, 9.17) is 0 Å². The minimum Gasteiger partial charge on any atom is -0.340 e. The highest BCUT2D eigenvalue weighted by atomic mass is 16.2. The largest absolute Gasteiger partial charge is 0.340 e. The molecule has 1 aliphatic rings. The topological polar surface area (TPSA) is 26.8 Å². The molecule has 0 aromatic carbocycles. The minimum absolute atomic E-state index is 0.132. The Morgan fingerprint density at radius 3 is 2.29 bits per heavy atom. The van der Waals surface area contributed by atoms with Crippen LogP contribution in [0.3, 0.4) is 0 Å². The molecule has 1 fully saturated rings. The third-order valence-electron chi connectivity index (χ3n) is 3.52. The number of amides is 1. The van der Waals surface area contributed by atoms with Gasteiger partial charge in [0, 0.05) is 45.2 Å². The van der Waals surface area contributed by atoms with Crippen LogP contribution in [0, 0.1) is 5.92 Å². The van der Waals surface area contributed by atoms with Gasteiger partial charge in [-0.25, -0.2) is 0 Å². The first kappa shape index (κ1) is 14.5. The second-order valence-corrected chi connectivity index (χ2v) is 5.22. The molecule has 0 saturated carbocycles. The molecular weight excluding hydrogens is 214 g/mol. The highest BCUT2D eigenvalue weighted by Crippen LogP contribution is 2.06. The molecule has 1 saturated heterocycles. The van der Waals surface area contributed by atoms with Crippen molar-refractivity contribution in [2.24, 2.45) is 5.92 Å². The van der Waals surface area contributed by atoms with Crippen LogP contribution in [-0.2, 0) is 4.79 Å². The lowest BCUT2D eigenvalue weighted by Gasteiger charge is -2.36. The van der Waals surface area contributed by atoms with Crippen molar-refractivity contribution in [1.82, 2.24) is 14.7 Å². The number of piperazine rings is 1. The fourth-order valence-electron chi connectivity index (χ4n) is 2.03. The van der Waals surface area contributed by atoms with Crippen LogP contribution in [0.25, 0.3) is 0 Å². The van der Waals surface area contributed by atoms with E-state index < -0.39 is 0 Å². The third kappa shape index (κ3) is 4.64. The Bertz CT molecular complexity index is 235. The van der Waals surface area contributed by atoms with Gasteiger partial charge in [0.25, 0.3) is 0 Å². The highest BCUT2D eigenvalue weighted by Gasteiger charge is 2.22. The van der Waals surface area contributed by atoms with Gasteiger partial charge in [-0.3, -0.25) is 9.69 Å². The molecule has 4 heteroatoms. The van der Waals surface area contributed by atoms with E-state index in [1.807, 2.05) is 18.7 Å². The number of carbonyl (C=O) groups is 1. The van der Waals surface area contributed by atoms with Gasteiger partial charge in [0.2, 0.25) is 5.91 Å². The van der Waals surface area contributed by atoms with Crippen LogP contribution in [0.4, 0.5) is 0 Å². The predicted molar refractivity (Wildman–Crippen MR) is 71.0 cm³/mol. The molecule has 17 heavy (non-hydrogen) atoms. The molecule has 0 aromatic rings. The first-order valence-corrected chi connectivity index (χ1v) is 6.74. The van der Waals surface area contributed by atoms with Gasteiger partial charge in [0.15, 0.2) is 0 Å². The zero-order valence-electron chi connectivity index (χ0n) is 11.8. The van der Waals surface area contributed by atoms with Gasteiger partial charge in [-0.1, -0.05) is 20.8 Å². The number of rotatable bonds is 5. The Morgan fingerprint density at radius 2 is 1.82 bits per heavy atom. The Hall–Kier alpha value is -0.610. The first-order valence-electron chi connectivity index (χ1n) is 6.74. The average Bonchev–Trinajstić information content (AvgIpc) is 2.35. The molecule has 1 heterocycles. The number of nitrogens with zero attached hydrogens (tertiary/aromatic N) is 3. The summed E-state index contributed by atoms with van der Waals surface area (Å²) in [6.45, 7) is 13.3. The molecule has 0 bridgehead atoms. The molecule has 0 N–H and O–H groups in total. The Labute approximate surface area is 106 Å². The predicted octanol–water partition coefficient (Wildman–Crippen LogP) is 0.738. The van der Waals surface area contributed by atoms with E-state index in [1.165, 1.54) is 0 Å². The summed E-state index contributed by atoms with van der Waals surface area (Å²) in [5.74, 6) is 0.433. The number of likely N-dealkylation sites (N-methyl/N-ethyl adjacent to an activating group) is 1. The number of hydrogen-bond acceptors (Lipinski definition) is 3. The first-order chi connectivity index (χ1) is 8.04. The summed E-state index contributed by atoms with van der Waals surface area (Å²) in [5, 5.41) is 0. The minimum atomic E-state index is 0.132. The maximum atomic E-state index is 11.8.